The van der Waals surface area contributed by atoms with E-state index in [2.05, 4.69) is 21.6 Å². The molecule has 0 aromatic heterocycles. The van der Waals surface area contributed by atoms with Crippen molar-refractivity contribution < 1.29 is 4.79 Å². The van der Waals surface area contributed by atoms with Crippen LogP contribution in [0.25, 0.3) is 0 Å². The molecule has 3 atom stereocenters. The third kappa shape index (κ3) is 3.31. The van der Waals surface area contributed by atoms with E-state index in [0.29, 0.717) is 6.04 Å². The molecule has 2 fully saturated rings. The molecule has 3 unspecified atom stereocenters. The second kappa shape index (κ2) is 6.55. The van der Waals surface area contributed by atoms with E-state index in [1.165, 1.54) is 0 Å². The summed E-state index contributed by atoms with van der Waals surface area (Å²) < 4.78 is 0. The summed E-state index contributed by atoms with van der Waals surface area (Å²) in [5, 5.41) is 15.2. The van der Waals surface area contributed by atoms with Gasteiger partial charge >= 0.3 is 0 Å². The van der Waals surface area contributed by atoms with Gasteiger partial charge in [-0.3, -0.25) is 9.69 Å². The van der Waals surface area contributed by atoms with Gasteiger partial charge in [-0.15, -0.1) is 0 Å². The number of nitriles is 1. The summed E-state index contributed by atoms with van der Waals surface area (Å²) in [6.45, 7) is 4.92. The van der Waals surface area contributed by atoms with Crippen molar-refractivity contribution in [3.05, 3.63) is 0 Å². The topological polar surface area (TPSA) is 68.2 Å². The van der Waals surface area contributed by atoms with E-state index in [1.807, 2.05) is 14.0 Å². The monoisotopic (exact) mass is 278 g/mol. The van der Waals surface area contributed by atoms with E-state index in [0.717, 1.165) is 51.7 Å². The summed E-state index contributed by atoms with van der Waals surface area (Å²) in [5.74, 6) is 0.456. The molecule has 2 rings (SSSR count). The lowest BCUT2D eigenvalue weighted by molar-refractivity contribution is -0.124. The van der Waals surface area contributed by atoms with Crippen molar-refractivity contribution in [3.8, 4) is 6.07 Å². The highest BCUT2D eigenvalue weighted by Gasteiger charge is 2.40. The number of nitrogens with zero attached hydrogens (tertiary/aromatic N) is 2. The van der Waals surface area contributed by atoms with Crippen molar-refractivity contribution in [2.24, 2.45) is 5.92 Å². The first-order chi connectivity index (χ1) is 9.59. The normalized spacial score (nSPS) is 29.4. The number of amides is 1. The predicted octanol–water partition coefficient (Wildman–Crippen LogP) is 0.869. The largest absolute Gasteiger partial charge is 0.354 e. The molecule has 5 nitrogen and oxygen atoms in total. The maximum atomic E-state index is 11.7. The van der Waals surface area contributed by atoms with Gasteiger partial charge in [-0.2, -0.15) is 5.26 Å². The molecule has 0 radical (unpaired) electrons. The highest BCUT2D eigenvalue weighted by Crippen LogP contribution is 2.27. The summed E-state index contributed by atoms with van der Waals surface area (Å²) >= 11 is 0. The van der Waals surface area contributed by atoms with Crippen molar-refractivity contribution in [1.29, 1.82) is 5.26 Å². The van der Waals surface area contributed by atoms with Crippen molar-refractivity contribution in [3.63, 3.8) is 0 Å². The second-order valence-corrected chi connectivity index (χ2v) is 6.25. The molecule has 2 aliphatic heterocycles. The van der Waals surface area contributed by atoms with Gasteiger partial charge in [-0.1, -0.05) is 0 Å². The average molecular weight is 278 g/mol. The molecule has 0 saturated carbocycles. The lowest BCUT2D eigenvalue weighted by Crippen LogP contribution is -2.46. The summed E-state index contributed by atoms with van der Waals surface area (Å²) in [6.07, 6.45) is 5.18. The van der Waals surface area contributed by atoms with Gasteiger partial charge in [0.2, 0.25) is 5.91 Å². The Bertz CT molecular complexity index is 392. The fourth-order valence-electron chi connectivity index (χ4n) is 3.35. The van der Waals surface area contributed by atoms with Crippen LogP contribution in [0.4, 0.5) is 0 Å². The van der Waals surface area contributed by atoms with E-state index < -0.39 is 5.54 Å². The lowest BCUT2D eigenvalue weighted by atomic mass is 9.91. The van der Waals surface area contributed by atoms with Gasteiger partial charge in [-0.25, -0.2) is 0 Å². The number of unbranched alkanes of at least 4 members (excludes halogenated alkanes) is 1. The highest BCUT2D eigenvalue weighted by molar-refractivity contribution is 5.82. The van der Waals surface area contributed by atoms with Crippen LogP contribution in [0, 0.1) is 17.2 Å². The molecule has 112 valence electrons. The average Bonchev–Trinajstić information content (AvgIpc) is 2.86. The van der Waals surface area contributed by atoms with Gasteiger partial charge < -0.3 is 10.6 Å². The molecule has 0 aromatic rings. The SMILES string of the molecule is CNC(C)(C#N)CCCCN1CCCC2C(=O)NCC21. The zero-order valence-corrected chi connectivity index (χ0v) is 12.6. The Kier molecular flexibility index (Phi) is 5.00. The van der Waals surface area contributed by atoms with E-state index in [4.69, 9.17) is 5.26 Å². The summed E-state index contributed by atoms with van der Waals surface area (Å²) in [6, 6.07) is 2.74. The van der Waals surface area contributed by atoms with Crippen LogP contribution in [-0.4, -0.2) is 49.1 Å². The number of piperidine rings is 1. The van der Waals surface area contributed by atoms with Crippen LogP contribution < -0.4 is 10.6 Å². The number of rotatable bonds is 6. The number of hydrogen-bond donors (Lipinski definition) is 2. The lowest BCUT2D eigenvalue weighted by Gasteiger charge is -2.36. The molecule has 0 bridgehead atoms. The third-order valence-corrected chi connectivity index (χ3v) is 4.89. The zero-order valence-electron chi connectivity index (χ0n) is 12.6. The van der Waals surface area contributed by atoms with Crippen LogP contribution in [0.15, 0.2) is 0 Å². The van der Waals surface area contributed by atoms with Crippen LogP contribution in [0.2, 0.25) is 0 Å². The molecule has 5 heteroatoms. The van der Waals surface area contributed by atoms with Crippen molar-refractivity contribution in [2.45, 2.75) is 50.6 Å². The number of carbonyl (C=O) groups is 1. The van der Waals surface area contributed by atoms with Gasteiger partial charge in [0.25, 0.3) is 0 Å². The number of fused-ring (bicyclic) bond motifs is 1. The van der Waals surface area contributed by atoms with Crippen molar-refractivity contribution >= 4 is 5.91 Å². The Balaban J connectivity index is 1.74. The van der Waals surface area contributed by atoms with Crippen molar-refractivity contribution in [2.75, 3.05) is 26.7 Å². The third-order valence-electron chi connectivity index (χ3n) is 4.89. The minimum absolute atomic E-state index is 0.213. The quantitative estimate of drug-likeness (QED) is 0.707. The molecule has 0 aliphatic carbocycles. The minimum Gasteiger partial charge on any atom is -0.354 e. The Morgan fingerprint density at radius 2 is 2.35 bits per heavy atom. The molecular formula is C15H26N4O. The van der Waals surface area contributed by atoms with Gasteiger partial charge in [-0.05, 0) is 59.2 Å². The number of carbonyl (C=O) groups excluding carboxylic acids is 1. The number of nitrogens with one attached hydrogen (secondary N) is 2. The Morgan fingerprint density at radius 3 is 3.05 bits per heavy atom. The summed E-state index contributed by atoms with van der Waals surface area (Å²) in [5.41, 5.74) is -0.407. The van der Waals surface area contributed by atoms with Crippen LogP contribution in [0.3, 0.4) is 0 Å². The molecule has 1 amide bonds. The fraction of sp³-hybridized carbons (Fsp3) is 0.867. The number of hydrogen-bond acceptors (Lipinski definition) is 4. The van der Waals surface area contributed by atoms with E-state index in [9.17, 15) is 4.79 Å². The predicted molar refractivity (Wildman–Crippen MR) is 78.0 cm³/mol. The molecule has 2 N–H and O–H groups in total. The molecule has 2 saturated heterocycles. The van der Waals surface area contributed by atoms with Gasteiger partial charge in [0, 0.05) is 12.6 Å². The minimum atomic E-state index is -0.407. The second-order valence-electron chi connectivity index (χ2n) is 6.25. The first-order valence-corrected chi connectivity index (χ1v) is 7.71. The summed E-state index contributed by atoms with van der Waals surface area (Å²) in [7, 11) is 1.84. The Hall–Kier alpha value is -1.12. The Morgan fingerprint density at radius 1 is 1.55 bits per heavy atom. The highest BCUT2D eigenvalue weighted by atomic mass is 16.2. The maximum absolute atomic E-state index is 11.7. The first-order valence-electron chi connectivity index (χ1n) is 7.71. The van der Waals surface area contributed by atoms with E-state index >= 15 is 0 Å². The molecule has 0 aromatic carbocycles. The molecule has 20 heavy (non-hydrogen) atoms. The zero-order chi connectivity index (χ0) is 14.6. The standard InChI is InChI=1S/C15H26N4O/c1-15(11-16,17-2)7-3-4-8-19-9-5-6-12-13(19)10-18-14(12)20/h12-13,17H,3-10H2,1-2H3,(H,18,20). The molecule has 2 heterocycles. The molecule has 2 aliphatic rings. The smallest absolute Gasteiger partial charge is 0.224 e. The summed E-state index contributed by atoms with van der Waals surface area (Å²) in [4.78, 5) is 14.2. The molecular weight excluding hydrogens is 252 g/mol. The van der Waals surface area contributed by atoms with Crippen LogP contribution in [0.1, 0.15) is 39.0 Å². The van der Waals surface area contributed by atoms with Gasteiger partial charge in [0.15, 0.2) is 0 Å². The molecule has 0 spiro atoms. The van der Waals surface area contributed by atoms with Crippen LogP contribution in [-0.2, 0) is 4.79 Å². The van der Waals surface area contributed by atoms with Crippen LogP contribution in [0.5, 0.6) is 0 Å². The van der Waals surface area contributed by atoms with Crippen LogP contribution >= 0.6 is 0 Å². The maximum Gasteiger partial charge on any atom is 0.224 e. The first kappa shape index (κ1) is 15.3. The van der Waals surface area contributed by atoms with E-state index in [-0.39, 0.29) is 11.8 Å². The van der Waals surface area contributed by atoms with E-state index in [1.54, 1.807) is 0 Å². The van der Waals surface area contributed by atoms with Gasteiger partial charge in [0.1, 0.15) is 5.54 Å². The number of likely N-dealkylation sites (tertiary alicyclic amines) is 1. The fourth-order valence-corrected chi connectivity index (χ4v) is 3.35. The Labute approximate surface area is 121 Å². The van der Waals surface area contributed by atoms with Gasteiger partial charge in [0.05, 0.1) is 12.0 Å². The van der Waals surface area contributed by atoms with Crippen molar-refractivity contribution in [1.82, 2.24) is 15.5 Å².